The Morgan fingerprint density at radius 2 is 1.88 bits per heavy atom. The van der Waals surface area contributed by atoms with Crippen LogP contribution in [0.2, 0.25) is 5.02 Å². The van der Waals surface area contributed by atoms with E-state index in [4.69, 9.17) is 25.8 Å². The lowest BCUT2D eigenvalue weighted by Gasteiger charge is -2.24. The van der Waals surface area contributed by atoms with Gasteiger partial charge in [0.1, 0.15) is 6.61 Å². The van der Waals surface area contributed by atoms with E-state index in [1.165, 1.54) is 11.3 Å². The number of esters is 1. The van der Waals surface area contributed by atoms with E-state index >= 15 is 0 Å². The minimum atomic E-state index is -0.662. The number of halogens is 2. The number of aromatic nitrogens is 1. The van der Waals surface area contributed by atoms with Gasteiger partial charge < -0.3 is 14.2 Å². The first-order valence-electron chi connectivity index (χ1n) is 13.2. The number of carbonyl (C=O) groups excluding carboxylic acids is 1. The Morgan fingerprint density at radius 1 is 1.14 bits per heavy atom. The fourth-order valence-corrected chi connectivity index (χ4v) is 6.55. The number of hydrogen-bond acceptors (Lipinski definition) is 7. The Hall–Kier alpha value is -3.66. The van der Waals surface area contributed by atoms with Crippen molar-refractivity contribution in [2.24, 2.45) is 4.99 Å². The Labute approximate surface area is 260 Å². The number of nitrogens with zero attached hydrogens (tertiary/aromatic N) is 2. The number of allylic oxidation sites excluding steroid dienone is 1. The van der Waals surface area contributed by atoms with Crippen LogP contribution in [0.15, 0.2) is 86.2 Å². The number of rotatable bonds is 8. The minimum Gasteiger partial charge on any atom is -0.493 e. The predicted octanol–water partition coefficient (Wildman–Crippen LogP) is 6.11. The highest BCUT2D eigenvalue weighted by molar-refractivity contribution is 9.10. The molecule has 0 amide bonds. The lowest BCUT2D eigenvalue weighted by atomic mass is 9.95. The van der Waals surface area contributed by atoms with Gasteiger partial charge in [0.2, 0.25) is 0 Å². The average Bonchev–Trinajstić information content (AvgIpc) is 3.26. The molecule has 0 radical (unpaired) electrons. The summed E-state index contributed by atoms with van der Waals surface area (Å²) < 4.78 is 19.8. The molecule has 2 heterocycles. The molecule has 1 aromatic heterocycles. The van der Waals surface area contributed by atoms with E-state index in [-0.39, 0.29) is 18.8 Å². The third-order valence-electron chi connectivity index (χ3n) is 6.79. The molecule has 7 nitrogen and oxygen atoms in total. The second kappa shape index (κ2) is 12.7. The molecule has 216 valence electrons. The minimum absolute atomic E-state index is 0.218. The highest BCUT2D eigenvalue weighted by atomic mass is 79.9. The third kappa shape index (κ3) is 5.95. The summed E-state index contributed by atoms with van der Waals surface area (Å²) in [6, 6.07) is 18.3. The van der Waals surface area contributed by atoms with Crippen LogP contribution in [0.3, 0.4) is 0 Å². The molecule has 0 N–H and O–H groups in total. The molecule has 3 aromatic carbocycles. The third-order valence-corrected chi connectivity index (χ3v) is 8.73. The first-order chi connectivity index (χ1) is 20.2. The number of benzene rings is 3. The molecule has 0 saturated carbocycles. The number of thiazole rings is 1. The molecular weight excluding hydrogens is 640 g/mol. The van der Waals surface area contributed by atoms with Gasteiger partial charge >= 0.3 is 5.97 Å². The number of hydrogen-bond donors (Lipinski definition) is 0. The van der Waals surface area contributed by atoms with Crippen LogP contribution in [0.1, 0.15) is 42.1 Å². The van der Waals surface area contributed by atoms with Crippen LogP contribution in [0.25, 0.3) is 6.08 Å². The van der Waals surface area contributed by atoms with Crippen molar-refractivity contribution in [1.29, 1.82) is 0 Å². The van der Waals surface area contributed by atoms with E-state index in [0.717, 1.165) is 22.3 Å². The van der Waals surface area contributed by atoms with Gasteiger partial charge in [-0.2, -0.15) is 0 Å². The quantitative estimate of drug-likeness (QED) is 0.212. The van der Waals surface area contributed by atoms with Crippen molar-refractivity contribution in [1.82, 2.24) is 4.57 Å². The predicted molar refractivity (Wildman–Crippen MR) is 168 cm³/mol. The largest absolute Gasteiger partial charge is 0.493 e. The number of fused-ring (bicyclic) bond motifs is 1. The number of carbonyl (C=O) groups is 1. The van der Waals surface area contributed by atoms with E-state index in [2.05, 4.69) is 20.9 Å². The molecule has 0 fully saturated rings. The van der Waals surface area contributed by atoms with Gasteiger partial charge in [-0.15, -0.1) is 0 Å². The van der Waals surface area contributed by atoms with E-state index in [1.807, 2.05) is 61.5 Å². The van der Waals surface area contributed by atoms with Crippen LogP contribution in [0, 0.1) is 6.92 Å². The van der Waals surface area contributed by atoms with Gasteiger partial charge in [-0.1, -0.05) is 71.0 Å². The molecule has 0 spiro atoms. The summed E-state index contributed by atoms with van der Waals surface area (Å²) in [6.07, 6.45) is 1.78. The van der Waals surface area contributed by atoms with E-state index in [9.17, 15) is 9.59 Å². The highest BCUT2D eigenvalue weighted by Crippen LogP contribution is 2.38. The zero-order valence-corrected chi connectivity index (χ0v) is 26.6. The van der Waals surface area contributed by atoms with Gasteiger partial charge in [0, 0.05) is 10.6 Å². The van der Waals surface area contributed by atoms with Crippen LogP contribution in [0.4, 0.5) is 0 Å². The monoisotopic (exact) mass is 666 g/mol. The topological polar surface area (TPSA) is 79.1 Å². The summed E-state index contributed by atoms with van der Waals surface area (Å²) in [6.45, 7) is 5.99. The van der Waals surface area contributed by atoms with Crippen LogP contribution in [-0.2, 0) is 16.1 Å². The molecule has 0 bridgehead atoms. The summed E-state index contributed by atoms with van der Waals surface area (Å²) in [5.74, 6) is 0.526. The Morgan fingerprint density at radius 3 is 2.57 bits per heavy atom. The molecule has 10 heteroatoms. The molecule has 0 aliphatic carbocycles. The van der Waals surface area contributed by atoms with E-state index < -0.39 is 12.0 Å². The molecule has 42 heavy (non-hydrogen) atoms. The Balaban J connectivity index is 1.58. The fraction of sp³-hybridized carbons (Fsp3) is 0.219. The van der Waals surface area contributed by atoms with E-state index in [1.54, 1.807) is 37.7 Å². The normalized spacial score (nSPS) is 14.8. The van der Waals surface area contributed by atoms with Crippen LogP contribution in [0.5, 0.6) is 11.5 Å². The number of ether oxygens (including phenoxy) is 3. The van der Waals surface area contributed by atoms with Crippen molar-refractivity contribution in [3.05, 3.63) is 123 Å². The zero-order chi connectivity index (χ0) is 30.0. The summed E-state index contributed by atoms with van der Waals surface area (Å²) in [4.78, 5) is 32.2. The van der Waals surface area contributed by atoms with Gasteiger partial charge in [0.05, 0.1) is 40.0 Å². The summed E-state index contributed by atoms with van der Waals surface area (Å²) in [5, 5.41) is 0.616. The van der Waals surface area contributed by atoms with Gasteiger partial charge in [0.15, 0.2) is 16.3 Å². The molecule has 1 atom stereocenters. The SMILES string of the molecule is CCOC(=O)C1=C(C)N=c2sc(=Cc3cc(Br)c(OCc4ccccc4Cl)c(OC)c3)c(=O)n2C1c1ccc(C)cc1. The van der Waals surface area contributed by atoms with Crippen molar-refractivity contribution < 1.29 is 19.0 Å². The number of aryl methyl sites for hydroxylation is 1. The fourth-order valence-electron chi connectivity index (χ4n) is 4.74. The molecule has 1 unspecified atom stereocenters. The number of methoxy groups -OCH3 is 1. The lowest BCUT2D eigenvalue weighted by Crippen LogP contribution is -2.39. The Bertz CT molecular complexity index is 1880. The van der Waals surface area contributed by atoms with Crippen molar-refractivity contribution in [2.75, 3.05) is 13.7 Å². The maximum absolute atomic E-state index is 13.9. The molecule has 5 rings (SSSR count). The van der Waals surface area contributed by atoms with Crippen molar-refractivity contribution in [2.45, 2.75) is 33.4 Å². The Kier molecular flexibility index (Phi) is 9.01. The van der Waals surface area contributed by atoms with Gasteiger partial charge in [-0.05, 0) is 72.1 Å². The zero-order valence-electron chi connectivity index (χ0n) is 23.4. The first kappa shape index (κ1) is 29.8. The maximum Gasteiger partial charge on any atom is 0.338 e. The standard InChI is InChI=1S/C32H28BrClN2O5S/c1-5-40-31(38)27-19(3)35-32-36(28(27)21-12-10-18(2)11-13-21)30(37)26(42-32)16-20-14-23(33)29(25(15-20)39-4)41-17-22-8-6-7-9-24(22)34/h6-16,28H,5,17H2,1-4H3. The lowest BCUT2D eigenvalue weighted by molar-refractivity contribution is -0.139. The second-order valence-electron chi connectivity index (χ2n) is 9.63. The maximum atomic E-state index is 13.9. The molecule has 4 aromatic rings. The highest BCUT2D eigenvalue weighted by Gasteiger charge is 2.33. The summed E-state index contributed by atoms with van der Waals surface area (Å²) in [7, 11) is 1.56. The summed E-state index contributed by atoms with van der Waals surface area (Å²) in [5.41, 5.74) is 4.06. The smallest absolute Gasteiger partial charge is 0.338 e. The molecule has 1 aliphatic rings. The molecular formula is C32H28BrClN2O5S. The van der Waals surface area contributed by atoms with Crippen LogP contribution in [-0.4, -0.2) is 24.3 Å². The van der Waals surface area contributed by atoms with Gasteiger partial charge in [0.25, 0.3) is 5.56 Å². The van der Waals surface area contributed by atoms with E-state index in [0.29, 0.717) is 41.6 Å². The van der Waals surface area contributed by atoms with Crippen molar-refractivity contribution >= 4 is 50.9 Å². The van der Waals surface area contributed by atoms with Gasteiger partial charge in [-0.3, -0.25) is 9.36 Å². The molecule has 1 aliphatic heterocycles. The second-order valence-corrected chi connectivity index (χ2v) is 11.9. The van der Waals surface area contributed by atoms with Crippen LogP contribution < -0.4 is 24.4 Å². The van der Waals surface area contributed by atoms with Gasteiger partial charge in [-0.25, -0.2) is 9.79 Å². The van der Waals surface area contributed by atoms with Crippen molar-refractivity contribution in [3.63, 3.8) is 0 Å². The first-order valence-corrected chi connectivity index (χ1v) is 15.2. The summed E-state index contributed by atoms with van der Waals surface area (Å²) >= 11 is 11.1. The molecule has 0 saturated heterocycles. The van der Waals surface area contributed by atoms with Crippen LogP contribution >= 0.6 is 38.9 Å². The average molecular weight is 668 g/mol. The van der Waals surface area contributed by atoms with Crippen molar-refractivity contribution in [3.8, 4) is 11.5 Å².